The molecule has 1 aliphatic carbocycles. The number of H-pyrrole nitrogens is 1. The summed E-state index contributed by atoms with van der Waals surface area (Å²) in [5, 5.41) is 7.21. The maximum absolute atomic E-state index is 5.31. The van der Waals surface area contributed by atoms with Gasteiger partial charge in [-0.15, -0.1) is 0 Å². The van der Waals surface area contributed by atoms with Gasteiger partial charge in [-0.3, -0.25) is 14.6 Å². The molecule has 1 fully saturated rings. The van der Waals surface area contributed by atoms with Gasteiger partial charge in [-0.2, -0.15) is 5.10 Å². The second kappa shape index (κ2) is 4.07. The molecule has 0 aromatic carbocycles. The Balaban J connectivity index is 2.04. The molecule has 17 heavy (non-hydrogen) atoms. The molecule has 3 rings (SSSR count). The zero-order chi connectivity index (χ0) is 11.8. The van der Waals surface area contributed by atoms with Crippen molar-refractivity contribution in [3.05, 3.63) is 29.3 Å². The minimum absolute atomic E-state index is 0.492. The topological polar surface area (TPSA) is 46.5 Å². The van der Waals surface area contributed by atoms with E-state index in [1.54, 1.807) is 6.20 Å². The molecule has 0 saturated heterocycles. The number of nitrogens with one attached hydrogen (secondary N) is 1. The molecule has 1 N–H and O–H groups in total. The Labute approximate surface area is 105 Å². The summed E-state index contributed by atoms with van der Waals surface area (Å²) in [5.74, 6) is 1.69. The van der Waals surface area contributed by atoms with Crippen LogP contribution in [0.4, 0.5) is 0 Å². The Morgan fingerprint density at radius 1 is 1.47 bits per heavy atom. The van der Waals surface area contributed by atoms with Crippen LogP contribution in [0.1, 0.15) is 25.8 Å². The van der Waals surface area contributed by atoms with Gasteiger partial charge in [-0.05, 0) is 43.1 Å². The van der Waals surface area contributed by atoms with Crippen molar-refractivity contribution in [1.82, 2.24) is 19.7 Å². The third-order valence-electron chi connectivity index (χ3n) is 3.34. The van der Waals surface area contributed by atoms with E-state index in [2.05, 4.69) is 26.7 Å². The van der Waals surface area contributed by atoms with Gasteiger partial charge in [0.25, 0.3) is 0 Å². The molecule has 5 heteroatoms. The third kappa shape index (κ3) is 1.80. The molecule has 0 spiro atoms. The molecule has 4 nitrogen and oxygen atoms in total. The van der Waals surface area contributed by atoms with E-state index in [1.165, 1.54) is 12.8 Å². The first-order valence-electron chi connectivity index (χ1n) is 5.83. The Morgan fingerprint density at radius 2 is 2.29 bits per heavy atom. The molecule has 2 aromatic rings. The van der Waals surface area contributed by atoms with Gasteiger partial charge < -0.3 is 0 Å². The summed E-state index contributed by atoms with van der Waals surface area (Å²) in [7, 11) is 0. The van der Waals surface area contributed by atoms with Crippen molar-refractivity contribution in [3.8, 4) is 11.4 Å². The lowest BCUT2D eigenvalue weighted by Crippen LogP contribution is -2.25. The molecule has 1 aliphatic rings. The molecular weight excluding hydrogens is 232 g/mol. The molecule has 0 atom stereocenters. The highest BCUT2D eigenvalue weighted by Crippen LogP contribution is 2.39. The maximum Gasteiger partial charge on any atom is 0.195 e. The fourth-order valence-electron chi connectivity index (χ4n) is 2.41. The van der Waals surface area contributed by atoms with E-state index >= 15 is 0 Å². The largest absolute Gasteiger partial charge is 0.297 e. The van der Waals surface area contributed by atoms with E-state index in [1.807, 2.05) is 18.3 Å². The van der Waals surface area contributed by atoms with E-state index < -0.39 is 0 Å². The summed E-state index contributed by atoms with van der Waals surface area (Å²) in [6, 6.07) is 4.42. The summed E-state index contributed by atoms with van der Waals surface area (Å²) < 4.78 is 2.84. The number of pyridine rings is 1. The highest BCUT2D eigenvalue weighted by atomic mass is 32.1. The molecule has 0 aliphatic heterocycles. The molecular formula is C12H14N4S. The Bertz CT molecular complexity index is 566. The van der Waals surface area contributed by atoms with Crippen LogP contribution in [0.25, 0.3) is 11.4 Å². The first kappa shape index (κ1) is 10.7. The van der Waals surface area contributed by atoms with Crippen LogP contribution in [0.3, 0.4) is 0 Å². The van der Waals surface area contributed by atoms with Crippen LogP contribution >= 0.6 is 12.2 Å². The Kier molecular flexibility index (Phi) is 2.55. The predicted octanol–water partition coefficient (Wildman–Crippen LogP) is 2.97. The van der Waals surface area contributed by atoms with E-state index in [0.717, 1.165) is 17.3 Å². The van der Waals surface area contributed by atoms with Crippen LogP contribution < -0.4 is 0 Å². The maximum atomic E-state index is 5.31. The monoisotopic (exact) mass is 246 g/mol. The first-order valence-corrected chi connectivity index (χ1v) is 6.24. The van der Waals surface area contributed by atoms with Crippen molar-refractivity contribution in [2.45, 2.75) is 25.8 Å². The van der Waals surface area contributed by atoms with Gasteiger partial charge in [0.2, 0.25) is 0 Å². The van der Waals surface area contributed by atoms with Crippen LogP contribution in [0.5, 0.6) is 0 Å². The summed E-state index contributed by atoms with van der Waals surface area (Å²) in [5.41, 5.74) is 1.01. The zero-order valence-corrected chi connectivity index (χ0v) is 10.4. The Hall–Kier alpha value is -1.49. The predicted molar refractivity (Wildman–Crippen MR) is 68.1 cm³/mol. The van der Waals surface area contributed by atoms with Gasteiger partial charge >= 0.3 is 0 Å². The molecule has 1 saturated carbocycles. The van der Waals surface area contributed by atoms with Crippen LogP contribution in [0, 0.1) is 10.7 Å². The number of hydrogen-bond acceptors (Lipinski definition) is 3. The normalized spacial score (nSPS) is 23.4. The van der Waals surface area contributed by atoms with E-state index in [4.69, 9.17) is 12.2 Å². The second-order valence-corrected chi connectivity index (χ2v) is 5.08. The second-order valence-electron chi connectivity index (χ2n) is 4.69. The van der Waals surface area contributed by atoms with Gasteiger partial charge in [-0.1, -0.05) is 6.92 Å². The van der Waals surface area contributed by atoms with Gasteiger partial charge in [-0.25, -0.2) is 0 Å². The van der Waals surface area contributed by atoms with Crippen molar-refractivity contribution >= 4 is 12.2 Å². The minimum atomic E-state index is 0.492. The van der Waals surface area contributed by atoms with Crippen LogP contribution in [0.2, 0.25) is 0 Å². The van der Waals surface area contributed by atoms with Crippen LogP contribution in [-0.4, -0.2) is 19.7 Å². The number of hydrogen-bond donors (Lipinski definition) is 1. The minimum Gasteiger partial charge on any atom is -0.297 e. The number of nitrogens with zero attached hydrogens (tertiary/aromatic N) is 3. The summed E-state index contributed by atoms with van der Waals surface area (Å²) >= 11 is 5.31. The lowest BCUT2D eigenvalue weighted by Gasteiger charge is -2.34. The van der Waals surface area contributed by atoms with Crippen molar-refractivity contribution < 1.29 is 0 Å². The van der Waals surface area contributed by atoms with Crippen molar-refractivity contribution in [1.29, 1.82) is 0 Å². The fraction of sp³-hybridized carbons (Fsp3) is 0.417. The first-order chi connectivity index (χ1) is 8.25. The van der Waals surface area contributed by atoms with Gasteiger partial charge in [0.1, 0.15) is 0 Å². The third-order valence-corrected chi connectivity index (χ3v) is 3.63. The SMILES string of the molecule is CC1CC(n2c(-c3cccnc3)n[nH]c2=S)C1. The van der Waals surface area contributed by atoms with Crippen molar-refractivity contribution in [2.24, 2.45) is 5.92 Å². The quantitative estimate of drug-likeness (QED) is 0.829. The molecule has 2 aromatic heterocycles. The summed E-state index contributed by atoms with van der Waals surface area (Å²) in [6.45, 7) is 2.27. The van der Waals surface area contributed by atoms with Crippen LogP contribution in [-0.2, 0) is 0 Å². The molecule has 0 unspecified atom stereocenters. The van der Waals surface area contributed by atoms with Crippen molar-refractivity contribution in [3.63, 3.8) is 0 Å². The molecule has 0 amide bonds. The highest BCUT2D eigenvalue weighted by molar-refractivity contribution is 7.71. The smallest absolute Gasteiger partial charge is 0.195 e. The summed E-state index contributed by atoms with van der Waals surface area (Å²) in [4.78, 5) is 4.13. The molecule has 0 radical (unpaired) electrons. The molecule has 88 valence electrons. The number of rotatable bonds is 2. The standard InChI is InChI=1S/C12H14N4S/c1-8-5-10(6-8)16-11(14-15-12(16)17)9-3-2-4-13-7-9/h2-4,7-8,10H,5-6H2,1H3,(H,15,17). The average molecular weight is 246 g/mol. The highest BCUT2D eigenvalue weighted by Gasteiger charge is 2.29. The van der Waals surface area contributed by atoms with Crippen LogP contribution in [0.15, 0.2) is 24.5 Å². The van der Waals surface area contributed by atoms with Crippen molar-refractivity contribution in [2.75, 3.05) is 0 Å². The molecule has 2 heterocycles. The lowest BCUT2D eigenvalue weighted by atomic mass is 9.81. The lowest BCUT2D eigenvalue weighted by molar-refractivity contribution is 0.216. The van der Waals surface area contributed by atoms with E-state index in [0.29, 0.717) is 10.8 Å². The number of aromatic amines is 1. The van der Waals surface area contributed by atoms with E-state index in [-0.39, 0.29) is 0 Å². The summed E-state index contributed by atoms with van der Waals surface area (Å²) in [6.07, 6.45) is 5.95. The average Bonchev–Trinajstić information content (AvgIpc) is 2.68. The Morgan fingerprint density at radius 3 is 2.94 bits per heavy atom. The van der Waals surface area contributed by atoms with Gasteiger partial charge in [0.05, 0.1) is 0 Å². The fourth-order valence-corrected chi connectivity index (χ4v) is 2.69. The van der Waals surface area contributed by atoms with E-state index in [9.17, 15) is 0 Å². The van der Waals surface area contributed by atoms with Gasteiger partial charge in [0.15, 0.2) is 10.6 Å². The molecule has 0 bridgehead atoms. The van der Waals surface area contributed by atoms with Gasteiger partial charge in [0, 0.05) is 24.0 Å². The number of aromatic nitrogens is 4. The zero-order valence-electron chi connectivity index (χ0n) is 9.63.